The van der Waals surface area contributed by atoms with Crippen LogP contribution in [0, 0.1) is 13.8 Å². The molecule has 0 spiro atoms. The van der Waals surface area contributed by atoms with Gasteiger partial charge in [0.25, 0.3) is 0 Å². The van der Waals surface area contributed by atoms with E-state index in [1.165, 1.54) is 4.90 Å². The van der Waals surface area contributed by atoms with E-state index in [1.807, 2.05) is 52.8 Å². The van der Waals surface area contributed by atoms with E-state index >= 15 is 0 Å². The Labute approximate surface area is 192 Å². The number of rotatable bonds is 7. The number of nitrogens with zero attached hydrogens (tertiary/aromatic N) is 1. The van der Waals surface area contributed by atoms with Crippen molar-refractivity contribution in [1.82, 2.24) is 15.5 Å². The van der Waals surface area contributed by atoms with E-state index < -0.39 is 35.2 Å². The average molecular weight is 446 g/mol. The van der Waals surface area contributed by atoms with Crippen LogP contribution in [0.1, 0.15) is 71.2 Å². The molecule has 32 heavy (non-hydrogen) atoms. The normalized spacial score (nSPS) is 13.5. The highest BCUT2D eigenvalue weighted by Crippen LogP contribution is 2.25. The molecule has 0 saturated carbocycles. The van der Waals surface area contributed by atoms with Gasteiger partial charge in [-0.05, 0) is 79.0 Å². The van der Waals surface area contributed by atoms with Crippen molar-refractivity contribution in [3.8, 4) is 0 Å². The van der Waals surface area contributed by atoms with Crippen LogP contribution in [0.25, 0.3) is 0 Å². The summed E-state index contributed by atoms with van der Waals surface area (Å²) in [6.07, 6.45) is 0.870. The molecule has 0 fully saturated rings. The first-order valence-corrected chi connectivity index (χ1v) is 10.9. The highest BCUT2D eigenvalue weighted by atomic mass is 16.6. The maximum atomic E-state index is 13.4. The number of ether oxygens (including phenoxy) is 1. The SMILES string of the molecule is C=CCN(C(=O)C(C)NC(=O)OC(C)(C)C)C(C(=O)NC(C)(C)C)c1ccc(C)c(C)c1. The quantitative estimate of drug-likeness (QED) is 0.616. The molecule has 1 aromatic carbocycles. The van der Waals surface area contributed by atoms with Crippen molar-refractivity contribution in [1.29, 1.82) is 0 Å². The molecule has 0 aliphatic carbocycles. The molecule has 2 unspecified atom stereocenters. The number of alkyl carbamates (subject to hydrolysis) is 1. The summed E-state index contributed by atoms with van der Waals surface area (Å²) in [7, 11) is 0. The van der Waals surface area contributed by atoms with E-state index in [-0.39, 0.29) is 12.5 Å². The molecule has 1 aromatic rings. The fraction of sp³-hybridized carbons (Fsp3) is 0.560. The summed E-state index contributed by atoms with van der Waals surface area (Å²) >= 11 is 0. The van der Waals surface area contributed by atoms with Gasteiger partial charge >= 0.3 is 6.09 Å². The molecule has 0 heterocycles. The smallest absolute Gasteiger partial charge is 0.408 e. The van der Waals surface area contributed by atoms with E-state index in [4.69, 9.17) is 4.74 Å². The second-order valence-electron chi connectivity index (χ2n) is 10.1. The molecule has 2 N–H and O–H groups in total. The van der Waals surface area contributed by atoms with Gasteiger partial charge in [0.2, 0.25) is 11.8 Å². The van der Waals surface area contributed by atoms with Crippen LogP contribution in [0.15, 0.2) is 30.9 Å². The minimum absolute atomic E-state index is 0.133. The summed E-state index contributed by atoms with van der Waals surface area (Å²) < 4.78 is 5.27. The summed E-state index contributed by atoms with van der Waals surface area (Å²) in [5.41, 5.74) is 1.61. The molecule has 0 aliphatic heterocycles. The fourth-order valence-electron chi connectivity index (χ4n) is 3.10. The van der Waals surface area contributed by atoms with Crippen molar-refractivity contribution in [2.45, 2.75) is 85.5 Å². The maximum Gasteiger partial charge on any atom is 0.408 e. The monoisotopic (exact) mass is 445 g/mol. The van der Waals surface area contributed by atoms with Crippen molar-refractivity contribution in [2.75, 3.05) is 6.54 Å². The Morgan fingerprint density at radius 1 is 1.09 bits per heavy atom. The maximum absolute atomic E-state index is 13.4. The predicted octanol–water partition coefficient (Wildman–Crippen LogP) is 4.19. The van der Waals surface area contributed by atoms with Crippen molar-refractivity contribution >= 4 is 17.9 Å². The lowest BCUT2D eigenvalue weighted by Crippen LogP contribution is -2.53. The Kier molecular flexibility index (Phi) is 9.06. The van der Waals surface area contributed by atoms with Crippen LogP contribution in [0.3, 0.4) is 0 Å². The molecule has 0 aliphatic rings. The summed E-state index contributed by atoms with van der Waals surface area (Å²) in [6, 6.07) is 3.91. The van der Waals surface area contributed by atoms with Crippen LogP contribution in [0.2, 0.25) is 0 Å². The minimum Gasteiger partial charge on any atom is -0.444 e. The minimum atomic E-state index is -0.902. The summed E-state index contributed by atoms with van der Waals surface area (Å²) in [5.74, 6) is -0.719. The van der Waals surface area contributed by atoms with Crippen LogP contribution < -0.4 is 10.6 Å². The molecule has 0 radical (unpaired) electrons. The standard InChI is InChI=1S/C25H39N3O4/c1-11-14-28(22(30)18(4)26-23(31)32-25(8,9)10)20(21(29)27-24(5,6)7)19-13-12-16(2)17(3)15-19/h11-13,15,18,20H,1,14H2,2-10H3,(H,26,31)(H,27,29). The number of carbonyl (C=O) groups excluding carboxylic acids is 3. The molecule has 2 atom stereocenters. The van der Waals surface area contributed by atoms with Gasteiger partial charge in [-0.15, -0.1) is 6.58 Å². The van der Waals surface area contributed by atoms with Gasteiger partial charge in [0.15, 0.2) is 0 Å². The lowest BCUT2D eigenvalue weighted by Gasteiger charge is -2.35. The second-order valence-corrected chi connectivity index (χ2v) is 10.1. The molecule has 178 valence electrons. The Bertz CT molecular complexity index is 850. The summed E-state index contributed by atoms with van der Waals surface area (Å²) in [6.45, 7) is 20.3. The third kappa shape index (κ3) is 8.36. The van der Waals surface area contributed by atoms with Gasteiger partial charge in [-0.3, -0.25) is 9.59 Å². The first kappa shape index (κ1) is 27.2. The molecule has 1 rings (SSSR count). The number of benzene rings is 1. The number of hydrogen-bond donors (Lipinski definition) is 2. The van der Waals surface area contributed by atoms with Gasteiger partial charge in [-0.1, -0.05) is 24.3 Å². The van der Waals surface area contributed by atoms with Gasteiger partial charge in [0.05, 0.1) is 0 Å². The molecular formula is C25H39N3O4. The van der Waals surface area contributed by atoms with Gasteiger partial charge in [-0.2, -0.15) is 0 Å². The van der Waals surface area contributed by atoms with Crippen LogP contribution in [0.5, 0.6) is 0 Å². The van der Waals surface area contributed by atoms with Crippen molar-refractivity contribution in [2.24, 2.45) is 0 Å². The molecule has 7 heteroatoms. The summed E-state index contributed by atoms with van der Waals surface area (Å²) in [4.78, 5) is 40.4. The number of aryl methyl sites for hydroxylation is 2. The highest BCUT2D eigenvalue weighted by Gasteiger charge is 2.35. The van der Waals surface area contributed by atoms with Gasteiger partial charge in [-0.25, -0.2) is 4.79 Å². The zero-order chi connectivity index (χ0) is 24.9. The van der Waals surface area contributed by atoms with E-state index in [1.54, 1.807) is 33.8 Å². The molecule has 3 amide bonds. The predicted molar refractivity (Wildman–Crippen MR) is 127 cm³/mol. The number of carbonyl (C=O) groups is 3. The van der Waals surface area contributed by atoms with E-state index in [9.17, 15) is 14.4 Å². The Morgan fingerprint density at radius 3 is 2.16 bits per heavy atom. The Morgan fingerprint density at radius 2 is 1.69 bits per heavy atom. The van der Waals surface area contributed by atoms with Crippen molar-refractivity contribution < 1.29 is 19.1 Å². The first-order valence-electron chi connectivity index (χ1n) is 10.9. The zero-order valence-electron chi connectivity index (χ0n) is 21.0. The topological polar surface area (TPSA) is 87.7 Å². The molecule has 0 saturated heterocycles. The number of amides is 3. The second kappa shape index (κ2) is 10.7. The van der Waals surface area contributed by atoms with E-state index in [2.05, 4.69) is 17.2 Å². The van der Waals surface area contributed by atoms with Crippen LogP contribution in [0.4, 0.5) is 4.79 Å². The highest BCUT2D eigenvalue weighted by molar-refractivity contribution is 5.92. The van der Waals surface area contributed by atoms with Crippen molar-refractivity contribution in [3.63, 3.8) is 0 Å². The molecule has 7 nitrogen and oxygen atoms in total. The largest absolute Gasteiger partial charge is 0.444 e. The first-order chi connectivity index (χ1) is 14.6. The van der Waals surface area contributed by atoms with Crippen LogP contribution in [-0.2, 0) is 14.3 Å². The molecule has 0 bridgehead atoms. The zero-order valence-corrected chi connectivity index (χ0v) is 21.0. The van der Waals surface area contributed by atoms with E-state index in [0.29, 0.717) is 5.56 Å². The fourth-order valence-corrected chi connectivity index (χ4v) is 3.10. The number of hydrogen-bond acceptors (Lipinski definition) is 4. The lowest BCUT2D eigenvalue weighted by molar-refractivity contribution is -0.142. The Balaban J connectivity index is 3.34. The van der Waals surface area contributed by atoms with Gasteiger partial charge in [0, 0.05) is 12.1 Å². The van der Waals surface area contributed by atoms with Crippen molar-refractivity contribution in [3.05, 3.63) is 47.5 Å². The number of nitrogens with one attached hydrogen (secondary N) is 2. The van der Waals surface area contributed by atoms with Crippen LogP contribution >= 0.6 is 0 Å². The summed E-state index contributed by atoms with van der Waals surface area (Å²) in [5, 5.41) is 5.55. The van der Waals surface area contributed by atoms with E-state index in [0.717, 1.165) is 11.1 Å². The van der Waals surface area contributed by atoms with Gasteiger partial charge < -0.3 is 20.3 Å². The third-order valence-electron chi connectivity index (χ3n) is 4.62. The Hall–Kier alpha value is -2.83. The third-order valence-corrected chi connectivity index (χ3v) is 4.62. The molecule has 0 aromatic heterocycles. The average Bonchev–Trinajstić information content (AvgIpc) is 2.60. The molecular weight excluding hydrogens is 406 g/mol. The van der Waals surface area contributed by atoms with Crippen LogP contribution in [-0.4, -0.2) is 46.5 Å². The lowest BCUT2D eigenvalue weighted by atomic mass is 9.97. The van der Waals surface area contributed by atoms with Gasteiger partial charge in [0.1, 0.15) is 17.7 Å².